The molecule has 0 heterocycles. The van der Waals surface area contributed by atoms with Crippen LogP contribution in [-0.4, -0.2) is 31.6 Å². The summed E-state index contributed by atoms with van der Waals surface area (Å²) in [5.74, 6) is 0. The Morgan fingerprint density at radius 2 is 1.54 bits per heavy atom. The summed E-state index contributed by atoms with van der Waals surface area (Å²) in [6.45, 7) is 10.5. The average Bonchev–Trinajstić information content (AvgIpc) is 2.07. The fourth-order valence-electron chi connectivity index (χ4n) is 0.750. The molecule has 82 valence electrons. The molecule has 13 heavy (non-hydrogen) atoms. The minimum absolute atomic E-state index is 0.883. The largest absolute Gasteiger partial charge is 0.756 e. The van der Waals surface area contributed by atoms with Crippen molar-refractivity contribution in [3.05, 3.63) is 0 Å². The predicted octanol–water partition coefficient (Wildman–Crippen LogP) is -0.975. The highest BCUT2D eigenvalue weighted by Crippen LogP contribution is 2.27. The van der Waals surface area contributed by atoms with Crippen LogP contribution < -0.4 is 9.79 Å². The van der Waals surface area contributed by atoms with Gasteiger partial charge in [-0.2, -0.15) is 0 Å². The Balaban J connectivity index is 0. The lowest BCUT2D eigenvalue weighted by atomic mass is 10.5. The van der Waals surface area contributed by atoms with Crippen LogP contribution in [0.3, 0.4) is 0 Å². The van der Waals surface area contributed by atoms with Crippen LogP contribution in [-0.2, 0) is 9.09 Å². The molecular weight excluding hydrogens is 193 g/mol. The average molecular weight is 213 g/mol. The van der Waals surface area contributed by atoms with Crippen LogP contribution in [0.5, 0.6) is 0 Å². The zero-order valence-corrected chi connectivity index (χ0v) is 9.63. The van der Waals surface area contributed by atoms with Crippen molar-refractivity contribution in [3.8, 4) is 0 Å². The first-order valence-corrected chi connectivity index (χ1v) is 5.83. The molecule has 2 N–H and O–H groups in total. The Bertz CT molecular complexity index is 138. The van der Waals surface area contributed by atoms with Crippen LogP contribution in [0.1, 0.15) is 20.8 Å². The highest BCUT2D eigenvalue weighted by atomic mass is 31.2. The maximum absolute atomic E-state index is 9.36. The maximum Gasteiger partial charge on any atom is 0.264 e. The summed E-state index contributed by atoms with van der Waals surface area (Å²) in [5, 5.41) is 0. The van der Waals surface area contributed by atoms with Gasteiger partial charge in [-0.05, 0) is 20.8 Å². The molecule has 0 rings (SSSR count). The third kappa shape index (κ3) is 14.9. The zero-order chi connectivity index (χ0) is 10.9. The van der Waals surface area contributed by atoms with E-state index in [-0.39, 0.29) is 0 Å². The molecule has 6 heteroatoms. The van der Waals surface area contributed by atoms with Gasteiger partial charge in [0, 0.05) is 7.11 Å². The molecule has 0 bridgehead atoms. The van der Waals surface area contributed by atoms with E-state index in [1.807, 2.05) is 0 Å². The second kappa shape index (κ2) is 8.66. The highest BCUT2D eigenvalue weighted by molar-refractivity contribution is 7.44. The monoisotopic (exact) mass is 213 g/mol. The molecule has 0 saturated carbocycles. The molecule has 1 unspecified atom stereocenters. The number of quaternary nitrogens is 1. The van der Waals surface area contributed by atoms with E-state index in [2.05, 4.69) is 25.3 Å². The van der Waals surface area contributed by atoms with Gasteiger partial charge in [0.2, 0.25) is 0 Å². The highest BCUT2D eigenvalue weighted by Gasteiger charge is 1.93. The van der Waals surface area contributed by atoms with Crippen LogP contribution in [0.15, 0.2) is 0 Å². The maximum atomic E-state index is 9.36. The molecule has 0 spiro atoms. The summed E-state index contributed by atoms with van der Waals surface area (Å²) in [6, 6.07) is 0. The number of phosphoric acid groups is 1. The van der Waals surface area contributed by atoms with Gasteiger partial charge in [-0.1, -0.05) is 0 Å². The van der Waals surface area contributed by atoms with Crippen LogP contribution in [0, 0.1) is 0 Å². The molecule has 0 aromatic heterocycles. The zero-order valence-electron chi connectivity index (χ0n) is 8.74. The first-order valence-electron chi connectivity index (χ1n) is 4.34. The molecule has 1 atom stereocenters. The van der Waals surface area contributed by atoms with Crippen molar-refractivity contribution in [2.45, 2.75) is 20.8 Å². The summed E-state index contributed by atoms with van der Waals surface area (Å²) in [7, 11) is -3.51. The number of hydrogen-bond donors (Lipinski definition) is 2. The number of rotatable bonds is 4. The fourth-order valence-corrected chi connectivity index (χ4v) is 0.750. The van der Waals surface area contributed by atoms with Crippen LogP contribution in [0.4, 0.5) is 0 Å². The van der Waals surface area contributed by atoms with E-state index in [4.69, 9.17) is 4.89 Å². The topological polar surface area (TPSA) is 74.0 Å². The van der Waals surface area contributed by atoms with E-state index in [0.29, 0.717) is 0 Å². The van der Waals surface area contributed by atoms with Gasteiger partial charge in [-0.15, -0.1) is 0 Å². The van der Waals surface area contributed by atoms with E-state index in [1.54, 1.807) is 4.90 Å². The minimum Gasteiger partial charge on any atom is -0.756 e. The molecule has 0 aliphatic rings. The first kappa shape index (κ1) is 15.5. The summed E-state index contributed by atoms with van der Waals surface area (Å²) in [6.07, 6.45) is 0. The molecule has 0 fully saturated rings. The van der Waals surface area contributed by atoms with Gasteiger partial charge in [0.25, 0.3) is 7.82 Å². The Morgan fingerprint density at radius 1 is 1.31 bits per heavy atom. The Hall–Kier alpha value is 0.0700. The van der Waals surface area contributed by atoms with Crippen molar-refractivity contribution in [3.63, 3.8) is 0 Å². The van der Waals surface area contributed by atoms with E-state index in [9.17, 15) is 9.46 Å². The van der Waals surface area contributed by atoms with Crippen molar-refractivity contribution in [2.24, 2.45) is 0 Å². The summed E-state index contributed by atoms with van der Waals surface area (Å²) in [5.41, 5.74) is 0. The second-order valence-electron chi connectivity index (χ2n) is 2.46. The van der Waals surface area contributed by atoms with Gasteiger partial charge < -0.3 is 19.2 Å². The van der Waals surface area contributed by atoms with Crippen LogP contribution >= 0.6 is 7.82 Å². The van der Waals surface area contributed by atoms with Gasteiger partial charge in [0.15, 0.2) is 0 Å². The molecule has 5 nitrogen and oxygen atoms in total. The van der Waals surface area contributed by atoms with Crippen molar-refractivity contribution in [1.29, 1.82) is 0 Å². The molecule has 0 aromatic rings. The quantitative estimate of drug-likeness (QED) is 0.589. The van der Waals surface area contributed by atoms with Gasteiger partial charge >= 0.3 is 0 Å². The minimum atomic E-state index is -4.40. The lowest BCUT2D eigenvalue weighted by molar-refractivity contribution is -0.894. The Kier molecular flexibility index (Phi) is 10.3. The molecule has 0 saturated heterocycles. The summed E-state index contributed by atoms with van der Waals surface area (Å²) in [4.78, 5) is 18.6. The van der Waals surface area contributed by atoms with Crippen LogP contribution in [0.2, 0.25) is 0 Å². The molecule has 0 aromatic carbocycles. The van der Waals surface area contributed by atoms with E-state index in [0.717, 1.165) is 7.11 Å². The number of phosphoric ester groups is 1. The first-order chi connectivity index (χ1) is 5.91. The summed E-state index contributed by atoms with van der Waals surface area (Å²) < 4.78 is 12.9. The lowest BCUT2D eigenvalue weighted by Gasteiger charge is -2.10. The van der Waals surface area contributed by atoms with Crippen molar-refractivity contribution in [2.75, 3.05) is 26.7 Å². The van der Waals surface area contributed by atoms with Gasteiger partial charge in [0.1, 0.15) is 0 Å². The van der Waals surface area contributed by atoms with E-state index in [1.165, 1.54) is 19.6 Å². The molecule has 0 radical (unpaired) electrons. The SMILES string of the molecule is CC[NH+](CC)CC.COP(=O)([O-])O. The number of hydrogen-bond acceptors (Lipinski definition) is 3. The van der Waals surface area contributed by atoms with E-state index >= 15 is 0 Å². The van der Waals surface area contributed by atoms with Gasteiger partial charge in [-0.3, -0.25) is 4.57 Å². The van der Waals surface area contributed by atoms with Crippen molar-refractivity contribution in [1.82, 2.24) is 0 Å². The van der Waals surface area contributed by atoms with Gasteiger partial charge in [0.05, 0.1) is 19.6 Å². The lowest BCUT2D eigenvalue weighted by Crippen LogP contribution is -3.11. The predicted molar refractivity (Wildman–Crippen MR) is 49.4 cm³/mol. The van der Waals surface area contributed by atoms with Crippen molar-refractivity contribution >= 4 is 7.82 Å². The normalized spacial score (nSPS) is 14.7. The molecule has 0 amide bonds. The third-order valence-corrected chi connectivity index (χ3v) is 2.19. The second-order valence-corrected chi connectivity index (χ2v) is 3.76. The van der Waals surface area contributed by atoms with Gasteiger partial charge in [-0.25, -0.2) is 0 Å². The molecular formula is C7H20NO4P. The number of nitrogens with one attached hydrogen (secondary N) is 1. The van der Waals surface area contributed by atoms with Crippen LogP contribution in [0.25, 0.3) is 0 Å². The van der Waals surface area contributed by atoms with Crippen molar-refractivity contribution < 1.29 is 23.8 Å². The Morgan fingerprint density at radius 3 is 1.54 bits per heavy atom. The third-order valence-electron chi connectivity index (χ3n) is 1.73. The summed E-state index contributed by atoms with van der Waals surface area (Å²) >= 11 is 0. The van der Waals surface area contributed by atoms with E-state index < -0.39 is 7.82 Å². The standard InChI is InChI=1S/C6H15N.CH5O4P/c1-4-7(5-2)6-3;1-5-6(2,3)4/h4-6H2,1-3H3;1H3,(H2,2,3,4). The molecule has 0 aliphatic heterocycles. The fraction of sp³-hybridized carbons (Fsp3) is 1.00. The Labute approximate surface area is 79.9 Å². The molecule has 0 aliphatic carbocycles. The smallest absolute Gasteiger partial charge is 0.264 e.